The second kappa shape index (κ2) is 7.69. The number of benzene rings is 1. The number of amides is 1. The quantitative estimate of drug-likeness (QED) is 0.618. The molecule has 0 radical (unpaired) electrons. The van der Waals surface area contributed by atoms with Crippen LogP contribution in [0.4, 0.5) is 5.69 Å². The van der Waals surface area contributed by atoms with Gasteiger partial charge in [-0.3, -0.25) is 9.59 Å². The molecule has 1 saturated heterocycles. The summed E-state index contributed by atoms with van der Waals surface area (Å²) in [7, 11) is 0. The van der Waals surface area contributed by atoms with Crippen molar-refractivity contribution in [3.63, 3.8) is 0 Å². The van der Waals surface area contributed by atoms with Gasteiger partial charge in [0, 0.05) is 24.8 Å². The highest BCUT2D eigenvalue weighted by atomic mass is 32.1. The SMILES string of the molecule is Cc1cc(=O)n2nc(CN3C[C@@H](C(=O)N4CCOCC4)Oc4ccccc43)sc2n1. The van der Waals surface area contributed by atoms with Crippen molar-refractivity contribution in [2.75, 3.05) is 37.7 Å². The van der Waals surface area contributed by atoms with Gasteiger partial charge in [0.2, 0.25) is 4.96 Å². The van der Waals surface area contributed by atoms with E-state index in [1.807, 2.05) is 24.3 Å². The minimum Gasteiger partial charge on any atom is -0.477 e. The Morgan fingerprint density at radius 2 is 2.07 bits per heavy atom. The van der Waals surface area contributed by atoms with Crippen LogP contribution in [0.2, 0.25) is 0 Å². The summed E-state index contributed by atoms with van der Waals surface area (Å²) >= 11 is 1.38. The number of anilines is 1. The van der Waals surface area contributed by atoms with E-state index in [-0.39, 0.29) is 11.5 Å². The van der Waals surface area contributed by atoms with E-state index < -0.39 is 6.10 Å². The molecule has 0 bridgehead atoms. The number of morpholine rings is 1. The molecule has 2 aliphatic heterocycles. The van der Waals surface area contributed by atoms with Crippen molar-refractivity contribution in [3.05, 3.63) is 51.4 Å². The van der Waals surface area contributed by atoms with Crippen LogP contribution in [0.3, 0.4) is 0 Å². The van der Waals surface area contributed by atoms with Crippen LogP contribution in [0.25, 0.3) is 4.96 Å². The van der Waals surface area contributed by atoms with E-state index in [2.05, 4.69) is 15.0 Å². The molecule has 1 atom stereocenters. The van der Waals surface area contributed by atoms with Gasteiger partial charge in [-0.2, -0.15) is 9.61 Å². The minimum absolute atomic E-state index is 0.0318. The Bertz CT molecular complexity index is 1150. The number of aromatic nitrogens is 3. The summed E-state index contributed by atoms with van der Waals surface area (Å²) in [6, 6.07) is 9.13. The van der Waals surface area contributed by atoms with Crippen molar-refractivity contribution < 1.29 is 14.3 Å². The monoisotopic (exact) mass is 427 g/mol. The molecule has 1 fully saturated rings. The van der Waals surface area contributed by atoms with Gasteiger partial charge < -0.3 is 19.3 Å². The molecule has 3 aromatic rings. The van der Waals surface area contributed by atoms with Gasteiger partial charge in [0.05, 0.1) is 32.0 Å². The topological polar surface area (TPSA) is 89.3 Å². The first-order valence-corrected chi connectivity index (χ1v) is 10.6. The van der Waals surface area contributed by atoms with Crippen LogP contribution < -0.4 is 15.2 Å². The van der Waals surface area contributed by atoms with E-state index in [9.17, 15) is 9.59 Å². The normalized spacial score (nSPS) is 18.9. The molecule has 1 amide bonds. The highest BCUT2D eigenvalue weighted by Gasteiger charge is 2.34. The first-order chi connectivity index (χ1) is 14.6. The zero-order valence-corrected chi connectivity index (χ0v) is 17.3. The van der Waals surface area contributed by atoms with Gasteiger partial charge in [-0.1, -0.05) is 23.5 Å². The maximum Gasteiger partial charge on any atom is 0.275 e. The molecule has 10 heteroatoms. The van der Waals surface area contributed by atoms with Gasteiger partial charge in [-0.15, -0.1) is 0 Å². The molecule has 156 valence electrons. The number of para-hydroxylation sites is 2. The number of carbonyl (C=O) groups is 1. The van der Waals surface area contributed by atoms with Crippen LogP contribution in [0.1, 0.15) is 10.7 Å². The lowest BCUT2D eigenvalue weighted by atomic mass is 10.1. The molecule has 0 unspecified atom stereocenters. The number of rotatable bonds is 3. The molecule has 2 aliphatic rings. The predicted molar refractivity (Wildman–Crippen MR) is 111 cm³/mol. The number of carbonyl (C=O) groups excluding carboxylic acids is 1. The van der Waals surface area contributed by atoms with Crippen LogP contribution in [-0.4, -0.2) is 64.4 Å². The summed E-state index contributed by atoms with van der Waals surface area (Å²) in [5.74, 6) is 0.637. The smallest absolute Gasteiger partial charge is 0.275 e. The molecule has 30 heavy (non-hydrogen) atoms. The van der Waals surface area contributed by atoms with E-state index in [1.165, 1.54) is 21.9 Å². The number of ether oxygens (including phenoxy) is 2. The first-order valence-electron chi connectivity index (χ1n) is 9.82. The Kier molecular flexibility index (Phi) is 4.87. The zero-order valence-electron chi connectivity index (χ0n) is 16.5. The van der Waals surface area contributed by atoms with Gasteiger partial charge in [0.25, 0.3) is 11.5 Å². The summed E-state index contributed by atoms with van der Waals surface area (Å²) in [5, 5.41) is 5.20. The molecule has 0 saturated carbocycles. The zero-order chi connectivity index (χ0) is 20.7. The van der Waals surface area contributed by atoms with Crippen molar-refractivity contribution in [1.29, 1.82) is 0 Å². The van der Waals surface area contributed by atoms with Crippen LogP contribution in [-0.2, 0) is 16.1 Å². The number of nitrogens with zero attached hydrogens (tertiary/aromatic N) is 5. The number of hydrogen-bond acceptors (Lipinski definition) is 8. The summed E-state index contributed by atoms with van der Waals surface area (Å²) in [4.78, 5) is 34.1. The van der Waals surface area contributed by atoms with Crippen LogP contribution in [0.15, 0.2) is 35.1 Å². The lowest BCUT2D eigenvalue weighted by Gasteiger charge is -2.37. The third kappa shape index (κ3) is 3.52. The van der Waals surface area contributed by atoms with Gasteiger partial charge in [0.15, 0.2) is 6.10 Å². The van der Waals surface area contributed by atoms with Crippen molar-refractivity contribution in [1.82, 2.24) is 19.5 Å². The standard InChI is InChI=1S/C20H21N5O4S/c1-13-10-18(26)25-20(21-13)30-17(22-25)12-24-11-16(19(27)23-6-8-28-9-7-23)29-15-5-3-2-4-14(15)24/h2-5,10,16H,6-9,11-12H2,1H3/t16-/m0/s1. The van der Waals surface area contributed by atoms with Gasteiger partial charge in [-0.05, 0) is 19.1 Å². The fourth-order valence-corrected chi connectivity index (χ4v) is 4.72. The molecule has 2 aromatic heterocycles. The number of fused-ring (bicyclic) bond motifs is 2. The third-order valence-electron chi connectivity index (χ3n) is 5.20. The maximum atomic E-state index is 13.0. The van der Waals surface area contributed by atoms with E-state index >= 15 is 0 Å². The van der Waals surface area contributed by atoms with E-state index in [0.29, 0.717) is 55.8 Å². The average molecular weight is 427 g/mol. The van der Waals surface area contributed by atoms with E-state index in [1.54, 1.807) is 11.8 Å². The Morgan fingerprint density at radius 1 is 1.27 bits per heavy atom. The second-order valence-corrected chi connectivity index (χ2v) is 8.36. The van der Waals surface area contributed by atoms with Gasteiger partial charge in [-0.25, -0.2) is 4.98 Å². The van der Waals surface area contributed by atoms with Crippen LogP contribution in [0, 0.1) is 6.92 Å². The molecule has 5 rings (SSSR count). The Balaban J connectivity index is 1.44. The average Bonchev–Trinajstić information content (AvgIpc) is 3.16. The molecule has 0 N–H and O–H groups in total. The van der Waals surface area contributed by atoms with Crippen LogP contribution >= 0.6 is 11.3 Å². The minimum atomic E-state index is -0.601. The Morgan fingerprint density at radius 3 is 2.90 bits per heavy atom. The Labute approximate surface area is 176 Å². The third-order valence-corrected chi connectivity index (χ3v) is 6.09. The number of hydrogen-bond donors (Lipinski definition) is 0. The van der Waals surface area contributed by atoms with Crippen molar-refractivity contribution >= 4 is 27.9 Å². The molecular weight excluding hydrogens is 406 g/mol. The lowest BCUT2D eigenvalue weighted by molar-refractivity contribution is -0.142. The van der Waals surface area contributed by atoms with Gasteiger partial charge in [0.1, 0.15) is 10.8 Å². The maximum absolute atomic E-state index is 13.0. The lowest BCUT2D eigenvalue weighted by Crippen LogP contribution is -2.52. The summed E-state index contributed by atoms with van der Waals surface area (Å²) in [6.45, 7) is 4.90. The molecule has 0 spiro atoms. The fourth-order valence-electron chi connectivity index (χ4n) is 3.76. The largest absolute Gasteiger partial charge is 0.477 e. The molecule has 1 aromatic carbocycles. The summed E-state index contributed by atoms with van der Waals surface area (Å²) < 4.78 is 12.7. The summed E-state index contributed by atoms with van der Waals surface area (Å²) in [5.41, 5.74) is 1.38. The van der Waals surface area contributed by atoms with Crippen molar-refractivity contribution in [2.24, 2.45) is 0 Å². The van der Waals surface area contributed by atoms with E-state index in [4.69, 9.17) is 9.47 Å². The van der Waals surface area contributed by atoms with Crippen molar-refractivity contribution in [3.8, 4) is 5.75 Å². The second-order valence-electron chi connectivity index (χ2n) is 7.32. The molecule has 4 heterocycles. The highest BCUT2D eigenvalue weighted by molar-refractivity contribution is 7.16. The predicted octanol–water partition coefficient (Wildman–Crippen LogP) is 1.09. The molecule has 9 nitrogen and oxygen atoms in total. The molecular formula is C20H21N5O4S. The van der Waals surface area contributed by atoms with E-state index in [0.717, 1.165) is 10.7 Å². The fraction of sp³-hybridized carbons (Fsp3) is 0.400. The summed E-state index contributed by atoms with van der Waals surface area (Å²) in [6.07, 6.45) is -0.601. The van der Waals surface area contributed by atoms with Crippen LogP contribution in [0.5, 0.6) is 5.75 Å². The van der Waals surface area contributed by atoms with Crippen molar-refractivity contribution in [2.45, 2.75) is 19.6 Å². The first kappa shape index (κ1) is 19.0. The molecule has 0 aliphatic carbocycles. The number of aryl methyl sites for hydroxylation is 1. The highest BCUT2D eigenvalue weighted by Crippen LogP contribution is 2.35. The van der Waals surface area contributed by atoms with Gasteiger partial charge >= 0.3 is 0 Å². The Hall–Kier alpha value is -2.98.